The van der Waals surface area contributed by atoms with Crippen molar-refractivity contribution in [2.45, 2.75) is 33.0 Å². The number of anilines is 1. The minimum absolute atomic E-state index is 0.569. The molecule has 0 spiro atoms. The molecule has 0 aliphatic rings. The molecule has 0 radical (unpaired) electrons. The van der Waals surface area contributed by atoms with Crippen LogP contribution in [0.1, 0.15) is 23.8 Å². The predicted molar refractivity (Wildman–Crippen MR) is 98.2 cm³/mol. The van der Waals surface area contributed by atoms with Gasteiger partial charge in [-0.05, 0) is 46.5 Å². The first-order chi connectivity index (χ1) is 11.8. The molecule has 3 aromatic rings. The largest absolute Gasteiger partial charge is 0.488 e. The van der Waals surface area contributed by atoms with Crippen molar-refractivity contribution in [3.63, 3.8) is 0 Å². The van der Waals surface area contributed by atoms with Gasteiger partial charge < -0.3 is 10.1 Å². The number of hydrogen-bond donors (Lipinski definition) is 1. The summed E-state index contributed by atoms with van der Waals surface area (Å²) in [6, 6.07) is 10.1. The third kappa shape index (κ3) is 4.33. The van der Waals surface area contributed by atoms with Crippen molar-refractivity contribution in [3.05, 3.63) is 50.6 Å². The first-order valence-electron chi connectivity index (χ1n) is 7.70. The Bertz CT molecular complexity index is 775. The molecule has 0 aliphatic carbocycles. The molecule has 126 valence electrons. The zero-order valence-electron chi connectivity index (χ0n) is 13.3. The van der Waals surface area contributed by atoms with Gasteiger partial charge in [-0.25, -0.2) is 4.68 Å². The Morgan fingerprint density at radius 3 is 3.04 bits per heavy atom. The van der Waals surface area contributed by atoms with Crippen molar-refractivity contribution in [3.8, 4) is 5.75 Å². The van der Waals surface area contributed by atoms with Crippen LogP contribution in [0.4, 0.5) is 5.95 Å². The zero-order chi connectivity index (χ0) is 16.8. The van der Waals surface area contributed by atoms with Crippen LogP contribution in [0, 0.1) is 0 Å². The number of tetrazole rings is 1. The van der Waals surface area contributed by atoms with Gasteiger partial charge in [-0.3, -0.25) is 0 Å². The van der Waals surface area contributed by atoms with Crippen LogP contribution in [0.2, 0.25) is 0 Å². The summed E-state index contributed by atoms with van der Waals surface area (Å²) in [5.74, 6) is 1.52. The number of aryl methyl sites for hydroxylation is 1. The van der Waals surface area contributed by atoms with Crippen LogP contribution in [0.25, 0.3) is 0 Å². The van der Waals surface area contributed by atoms with Crippen LogP contribution < -0.4 is 10.1 Å². The Balaban J connectivity index is 1.69. The molecule has 2 aromatic heterocycles. The van der Waals surface area contributed by atoms with E-state index < -0.39 is 0 Å². The van der Waals surface area contributed by atoms with Crippen molar-refractivity contribution in [2.75, 3.05) is 5.32 Å². The van der Waals surface area contributed by atoms with Crippen molar-refractivity contribution < 1.29 is 4.74 Å². The standard InChI is InChI=1S/C16H18BrN5OS/c1-2-7-22-16(19-20-21-22)18-10-12-9-13(17)5-6-15(12)23-11-14-4-3-8-24-14/h3-6,8-9H,2,7,10-11H2,1H3,(H,18,19,21). The number of halogens is 1. The number of benzene rings is 1. The van der Waals surface area contributed by atoms with Gasteiger partial charge in [-0.2, -0.15) is 0 Å². The number of thiophene rings is 1. The average molecular weight is 408 g/mol. The molecule has 0 atom stereocenters. The molecule has 8 heteroatoms. The highest BCUT2D eigenvalue weighted by molar-refractivity contribution is 9.10. The summed E-state index contributed by atoms with van der Waals surface area (Å²) in [5, 5.41) is 17.1. The van der Waals surface area contributed by atoms with Crippen molar-refractivity contribution in [2.24, 2.45) is 0 Å². The molecular formula is C16H18BrN5OS. The molecule has 0 bridgehead atoms. The summed E-state index contributed by atoms with van der Waals surface area (Å²) in [6.45, 7) is 4.04. The lowest BCUT2D eigenvalue weighted by Gasteiger charge is -2.12. The molecule has 6 nitrogen and oxygen atoms in total. The van der Waals surface area contributed by atoms with Crippen LogP contribution in [-0.2, 0) is 19.7 Å². The highest BCUT2D eigenvalue weighted by atomic mass is 79.9. The fourth-order valence-electron chi connectivity index (χ4n) is 2.24. The third-order valence-corrected chi connectivity index (χ3v) is 4.72. The minimum atomic E-state index is 0.569. The maximum atomic E-state index is 5.98. The summed E-state index contributed by atoms with van der Waals surface area (Å²) >= 11 is 5.21. The predicted octanol–water partition coefficient (Wildman–Crippen LogP) is 4.10. The molecule has 1 aromatic carbocycles. The van der Waals surface area contributed by atoms with Crippen LogP contribution in [0.5, 0.6) is 5.75 Å². The number of nitrogens with zero attached hydrogens (tertiary/aromatic N) is 4. The molecular weight excluding hydrogens is 390 g/mol. The molecule has 2 heterocycles. The van der Waals surface area contributed by atoms with Gasteiger partial charge >= 0.3 is 0 Å². The molecule has 0 saturated carbocycles. The van der Waals surface area contributed by atoms with E-state index in [1.165, 1.54) is 4.88 Å². The first-order valence-corrected chi connectivity index (χ1v) is 9.37. The smallest absolute Gasteiger partial charge is 0.243 e. The molecule has 0 saturated heterocycles. The lowest BCUT2D eigenvalue weighted by atomic mass is 10.2. The van der Waals surface area contributed by atoms with Crippen LogP contribution in [-0.4, -0.2) is 20.2 Å². The molecule has 1 N–H and O–H groups in total. The van der Waals surface area contributed by atoms with Crippen LogP contribution >= 0.6 is 27.3 Å². The summed E-state index contributed by atoms with van der Waals surface area (Å²) < 4.78 is 8.75. The normalized spacial score (nSPS) is 10.8. The number of nitrogens with one attached hydrogen (secondary N) is 1. The fraction of sp³-hybridized carbons (Fsp3) is 0.312. The molecule has 0 aliphatic heterocycles. The van der Waals surface area contributed by atoms with Gasteiger partial charge in [0.15, 0.2) is 0 Å². The lowest BCUT2D eigenvalue weighted by molar-refractivity contribution is 0.306. The van der Waals surface area contributed by atoms with Crippen molar-refractivity contribution >= 4 is 33.2 Å². The maximum absolute atomic E-state index is 5.98. The number of aromatic nitrogens is 4. The SMILES string of the molecule is CCCn1nnnc1NCc1cc(Br)ccc1OCc1cccs1. The fourth-order valence-corrected chi connectivity index (χ4v) is 3.26. The second kappa shape index (κ2) is 8.25. The van der Waals surface area contributed by atoms with E-state index in [4.69, 9.17) is 4.74 Å². The van der Waals surface area contributed by atoms with Gasteiger partial charge in [0.05, 0.1) is 0 Å². The zero-order valence-corrected chi connectivity index (χ0v) is 15.7. The summed E-state index contributed by atoms with van der Waals surface area (Å²) in [4.78, 5) is 1.20. The molecule has 0 amide bonds. The van der Waals surface area contributed by atoms with E-state index in [-0.39, 0.29) is 0 Å². The second-order valence-corrected chi connectivity index (χ2v) is 7.15. The van der Waals surface area contributed by atoms with E-state index in [0.29, 0.717) is 19.1 Å². The lowest BCUT2D eigenvalue weighted by Crippen LogP contribution is -2.09. The van der Waals surface area contributed by atoms with Crippen LogP contribution in [0.15, 0.2) is 40.2 Å². The van der Waals surface area contributed by atoms with E-state index in [2.05, 4.69) is 55.1 Å². The van der Waals surface area contributed by atoms with E-state index in [9.17, 15) is 0 Å². The Labute approximate surface area is 153 Å². The number of hydrogen-bond acceptors (Lipinski definition) is 6. The molecule has 0 unspecified atom stereocenters. The van der Waals surface area contributed by atoms with Crippen molar-refractivity contribution in [1.82, 2.24) is 20.2 Å². The van der Waals surface area contributed by atoms with Gasteiger partial charge in [-0.1, -0.05) is 34.0 Å². The van der Waals surface area contributed by atoms with Gasteiger partial charge in [0.25, 0.3) is 0 Å². The topological polar surface area (TPSA) is 64.9 Å². The first kappa shape index (κ1) is 16.9. The monoisotopic (exact) mass is 407 g/mol. The maximum Gasteiger partial charge on any atom is 0.243 e. The van der Waals surface area contributed by atoms with Crippen LogP contribution in [0.3, 0.4) is 0 Å². The number of rotatable bonds is 8. The highest BCUT2D eigenvalue weighted by Crippen LogP contribution is 2.25. The van der Waals surface area contributed by atoms with Crippen molar-refractivity contribution in [1.29, 1.82) is 0 Å². The Kier molecular flexibility index (Phi) is 5.81. The Hall–Kier alpha value is -1.93. The van der Waals surface area contributed by atoms with E-state index in [1.54, 1.807) is 16.0 Å². The highest BCUT2D eigenvalue weighted by Gasteiger charge is 2.09. The average Bonchev–Trinajstić information content (AvgIpc) is 3.24. The van der Waals surface area contributed by atoms with E-state index >= 15 is 0 Å². The molecule has 24 heavy (non-hydrogen) atoms. The van der Waals surface area contributed by atoms with E-state index in [1.807, 2.05) is 24.3 Å². The molecule has 3 rings (SSSR count). The Morgan fingerprint density at radius 2 is 2.25 bits per heavy atom. The summed E-state index contributed by atoms with van der Waals surface area (Å²) in [7, 11) is 0. The Morgan fingerprint density at radius 1 is 1.33 bits per heavy atom. The molecule has 0 fully saturated rings. The third-order valence-electron chi connectivity index (χ3n) is 3.38. The van der Waals surface area contributed by atoms with Gasteiger partial charge in [0.2, 0.25) is 5.95 Å². The minimum Gasteiger partial charge on any atom is -0.488 e. The number of ether oxygens (including phenoxy) is 1. The summed E-state index contributed by atoms with van der Waals surface area (Å²) in [6.07, 6.45) is 0.978. The van der Waals surface area contributed by atoms with E-state index in [0.717, 1.165) is 28.8 Å². The van der Waals surface area contributed by atoms with Gasteiger partial charge in [0.1, 0.15) is 12.4 Å². The quantitative estimate of drug-likeness (QED) is 0.608. The second-order valence-electron chi connectivity index (χ2n) is 5.20. The van der Waals surface area contributed by atoms with Gasteiger partial charge in [0, 0.05) is 28.0 Å². The van der Waals surface area contributed by atoms with Gasteiger partial charge in [-0.15, -0.1) is 11.3 Å². The summed E-state index contributed by atoms with van der Waals surface area (Å²) in [5.41, 5.74) is 1.05.